The van der Waals surface area contributed by atoms with E-state index in [-0.39, 0.29) is 17.9 Å². The van der Waals surface area contributed by atoms with Crippen molar-refractivity contribution in [2.75, 3.05) is 19.7 Å². The van der Waals surface area contributed by atoms with Gasteiger partial charge in [0.05, 0.1) is 6.61 Å². The van der Waals surface area contributed by atoms with Crippen LogP contribution in [0.4, 0.5) is 0 Å². The highest BCUT2D eigenvalue weighted by atomic mass is 16.5. The van der Waals surface area contributed by atoms with Crippen LogP contribution in [0.25, 0.3) is 0 Å². The number of nitrogens with zero attached hydrogens (tertiary/aromatic N) is 1. The number of esters is 1. The summed E-state index contributed by atoms with van der Waals surface area (Å²) in [4.78, 5) is 25.3. The fourth-order valence-corrected chi connectivity index (χ4v) is 3.01. The van der Waals surface area contributed by atoms with Crippen molar-refractivity contribution in [1.82, 2.24) is 4.90 Å². The number of ether oxygens (including phenoxy) is 1. The number of primary amides is 1. The molecule has 0 saturated heterocycles. The first-order valence-corrected chi connectivity index (χ1v) is 7.90. The Morgan fingerprint density at radius 2 is 2.09 bits per heavy atom. The predicted octanol–water partition coefficient (Wildman–Crippen LogP) is 1.80. The highest BCUT2D eigenvalue weighted by Crippen LogP contribution is 2.29. The molecule has 0 fully saturated rings. The number of hydrogen-bond donors (Lipinski definition) is 1. The van der Waals surface area contributed by atoms with E-state index in [4.69, 9.17) is 10.5 Å². The lowest BCUT2D eigenvalue weighted by Crippen LogP contribution is -2.42. The average molecular weight is 304 g/mol. The molecule has 0 aromatic heterocycles. The third kappa shape index (κ3) is 4.07. The Labute approximate surface area is 131 Å². The van der Waals surface area contributed by atoms with E-state index < -0.39 is 0 Å². The second-order valence-electron chi connectivity index (χ2n) is 5.55. The largest absolute Gasteiger partial charge is 0.466 e. The molecule has 1 amide bonds. The Balaban J connectivity index is 1.91. The van der Waals surface area contributed by atoms with Gasteiger partial charge in [-0.3, -0.25) is 14.5 Å². The van der Waals surface area contributed by atoms with Crippen LogP contribution < -0.4 is 5.73 Å². The van der Waals surface area contributed by atoms with Gasteiger partial charge in [-0.2, -0.15) is 0 Å². The van der Waals surface area contributed by atoms with E-state index >= 15 is 0 Å². The van der Waals surface area contributed by atoms with Crippen molar-refractivity contribution >= 4 is 11.9 Å². The van der Waals surface area contributed by atoms with Gasteiger partial charge in [0.1, 0.15) is 6.04 Å². The molecule has 0 aliphatic carbocycles. The van der Waals surface area contributed by atoms with E-state index in [0.717, 1.165) is 37.9 Å². The maximum absolute atomic E-state index is 11.9. The molecule has 5 heteroatoms. The standard InChI is InChI=1S/C17H24N2O3/c1-2-22-15(20)9-5-6-11-19-12-10-13-7-3-4-8-14(13)16(19)17(18)21/h3-4,7-8,16H,2,5-6,9-12H2,1H3,(H2,18,21)/t16-/m1/s1. The summed E-state index contributed by atoms with van der Waals surface area (Å²) in [5.74, 6) is -0.463. The molecular weight excluding hydrogens is 280 g/mol. The zero-order chi connectivity index (χ0) is 15.9. The van der Waals surface area contributed by atoms with Crippen LogP contribution in [0.3, 0.4) is 0 Å². The van der Waals surface area contributed by atoms with Gasteiger partial charge < -0.3 is 10.5 Å². The molecule has 0 radical (unpaired) electrons. The molecule has 22 heavy (non-hydrogen) atoms. The summed E-state index contributed by atoms with van der Waals surface area (Å²) in [6.45, 7) is 3.82. The van der Waals surface area contributed by atoms with Crippen LogP contribution in [0.1, 0.15) is 43.4 Å². The van der Waals surface area contributed by atoms with Crippen molar-refractivity contribution in [2.24, 2.45) is 5.73 Å². The summed E-state index contributed by atoms with van der Waals surface area (Å²) in [7, 11) is 0. The van der Waals surface area contributed by atoms with E-state index in [9.17, 15) is 9.59 Å². The summed E-state index contributed by atoms with van der Waals surface area (Å²) in [5, 5.41) is 0. The third-order valence-corrected chi connectivity index (χ3v) is 4.03. The maximum atomic E-state index is 11.9. The monoisotopic (exact) mass is 304 g/mol. The summed E-state index contributed by atoms with van der Waals surface area (Å²) in [6, 6.07) is 7.62. The second-order valence-corrected chi connectivity index (χ2v) is 5.55. The fourth-order valence-electron chi connectivity index (χ4n) is 3.01. The zero-order valence-electron chi connectivity index (χ0n) is 13.1. The Morgan fingerprint density at radius 1 is 1.32 bits per heavy atom. The smallest absolute Gasteiger partial charge is 0.305 e. The minimum absolute atomic E-state index is 0.155. The molecule has 5 nitrogen and oxygen atoms in total. The van der Waals surface area contributed by atoms with Crippen molar-refractivity contribution in [3.63, 3.8) is 0 Å². The van der Waals surface area contributed by atoms with E-state index in [0.29, 0.717) is 13.0 Å². The SMILES string of the molecule is CCOC(=O)CCCCN1CCc2ccccc2[C@@H]1C(N)=O. The minimum Gasteiger partial charge on any atom is -0.466 e. The topological polar surface area (TPSA) is 72.6 Å². The quantitative estimate of drug-likeness (QED) is 0.616. The van der Waals surface area contributed by atoms with Gasteiger partial charge in [-0.25, -0.2) is 0 Å². The van der Waals surface area contributed by atoms with Gasteiger partial charge in [0, 0.05) is 13.0 Å². The Kier molecular flexibility index (Phi) is 5.95. The van der Waals surface area contributed by atoms with E-state index in [1.807, 2.05) is 18.2 Å². The number of unbranched alkanes of at least 4 members (excludes halogenated alkanes) is 1. The molecule has 0 bridgehead atoms. The van der Waals surface area contributed by atoms with Gasteiger partial charge in [0.15, 0.2) is 0 Å². The second kappa shape index (κ2) is 7.94. The first-order chi connectivity index (χ1) is 10.6. The summed E-state index contributed by atoms with van der Waals surface area (Å²) < 4.78 is 4.91. The number of amides is 1. The summed E-state index contributed by atoms with van der Waals surface area (Å²) >= 11 is 0. The fraction of sp³-hybridized carbons (Fsp3) is 0.529. The van der Waals surface area contributed by atoms with Gasteiger partial charge in [-0.15, -0.1) is 0 Å². The zero-order valence-corrected chi connectivity index (χ0v) is 13.1. The van der Waals surface area contributed by atoms with E-state index in [1.165, 1.54) is 5.56 Å². The first kappa shape index (κ1) is 16.5. The van der Waals surface area contributed by atoms with Crippen LogP contribution in [0, 0.1) is 0 Å². The Bertz CT molecular complexity index is 530. The first-order valence-electron chi connectivity index (χ1n) is 7.90. The van der Waals surface area contributed by atoms with Crippen LogP contribution in [0.15, 0.2) is 24.3 Å². The number of carbonyl (C=O) groups is 2. The molecule has 1 aliphatic heterocycles. The molecular formula is C17H24N2O3. The van der Waals surface area contributed by atoms with E-state index in [2.05, 4.69) is 11.0 Å². The molecule has 1 atom stereocenters. The van der Waals surface area contributed by atoms with Gasteiger partial charge >= 0.3 is 5.97 Å². The summed E-state index contributed by atoms with van der Waals surface area (Å²) in [6.07, 6.45) is 2.98. The molecule has 2 rings (SSSR count). The highest BCUT2D eigenvalue weighted by Gasteiger charge is 2.30. The molecule has 120 valence electrons. The van der Waals surface area contributed by atoms with Crippen LogP contribution in [0.2, 0.25) is 0 Å². The van der Waals surface area contributed by atoms with Crippen LogP contribution in [-0.4, -0.2) is 36.5 Å². The van der Waals surface area contributed by atoms with Gasteiger partial charge in [0.25, 0.3) is 0 Å². The van der Waals surface area contributed by atoms with Crippen molar-refractivity contribution < 1.29 is 14.3 Å². The van der Waals surface area contributed by atoms with Crippen LogP contribution in [-0.2, 0) is 20.7 Å². The van der Waals surface area contributed by atoms with Crippen molar-refractivity contribution in [1.29, 1.82) is 0 Å². The van der Waals surface area contributed by atoms with Gasteiger partial charge in [0.2, 0.25) is 5.91 Å². The number of hydrogen-bond acceptors (Lipinski definition) is 4. The van der Waals surface area contributed by atoms with Gasteiger partial charge in [-0.1, -0.05) is 24.3 Å². The number of rotatable bonds is 7. The van der Waals surface area contributed by atoms with Crippen LogP contribution >= 0.6 is 0 Å². The van der Waals surface area contributed by atoms with Crippen molar-refractivity contribution in [2.45, 2.75) is 38.6 Å². The molecule has 0 saturated carbocycles. The van der Waals surface area contributed by atoms with Gasteiger partial charge in [-0.05, 0) is 43.9 Å². The average Bonchev–Trinajstić information content (AvgIpc) is 2.51. The normalized spacial score (nSPS) is 17.8. The lowest BCUT2D eigenvalue weighted by Gasteiger charge is -2.35. The highest BCUT2D eigenvalue weighted by molar-refractivity contribution is 5.82. The number of benzene rings is 1. The van der Waals surface area contributed by atoms with E-state index in [1.54, 1.807) is 6.92 Å². The molecule has 0 spiro atoms. The lowest BCUT2D eigenvalue weighted by atomic mass is 9.92. The maximum Gasteiger partial charge on any atom is 0.305 e. The molecule has 1 aromatic carbocycles. The Morgan fingerprint density at radius 3 is 2.82 bits per heavy atom. The molecule has 2 N–H and O–H groups in total. The summed E-state index contributed by atoms with van der Waals surface area (Å²) in [5.41, 5.74) is 7.83. The molecule has 1 aromatic rings. The molecule has 1 aliphatic rings. The number of fused-ring (bicyclic) bond motifs is 1. The van der Waals surface area contributed by atoms with Crippen molar-refractivity contribution in [3.8, 4) is 0 Å². The van der Waals surface area contributed by atoms with Crippen LogP contribution in [0.5, 0.6) is 0 Å². The number of nitrogens with two attached hydrogens (primary N) is 1. The minimum atomic E-state index is -0.354. The predicted molar refractivity (Wildman–Crippen MR) is 84.1 cm³/mol. The molecule has 1 heterocycles. The lowest BCUT2D eigenvalue weighted by molar-refractivity contribution is -0.143. The van der Waals surface area contributed by atoms with Crippen molar-refractivity contribution in [3.05, 3.63) is 35.4 Å². The molecule has 0 unspecified atom stereocenters. The Hall–Kier alpha value is -1.88. The number of carbonyl (C=O) groups excluding carboxylic acids is 2. The third-order valence-electron chi connectivity index (χ3n) is 4.03.